The van der Waals surface area contributed by atoms with Gasteiger partial charge in [-0.05, 0) is 190 Å². The average molecular weight is 1970 g/mol. The molecule has 9 aromatic carbocycles. The molecule has 143 heavy (non-hydrogen) atoms. The molecule has 7 aliphatic heterocycles. The zero-order valence-corrected chi connectivity index (χ0v) is 82.4. The lowest BCUT2D eigenvalue weighted by atomic mass is 9.74. The van der Waals surface area contributed by atoms with Gasteiger partial charge in [0.05, 0.1) is 65.8 Å². The Morgan fingerprint density at radius 1 is 0.378 bits per heavy atom. The minimum absolute atomic E-state index is 0.00521. The van der Waals surface area contributed by atoms with Crippen molar-refractivity contribution in [1.29, 1.82) is 0 Å². The van der Waals surface area contributed by atoms with Gasteiger partial charge in [-0.25, -0.2) is 73.5 Å². The first-order chi connectivity index (χ1) is 67.4. The highest BCUT2D eigenvalue weighted by molar-refractivity contribution is 6.05. The zero-order valence-electron chi connectivity index (χ0n) is 82.4. The van der Waals surface area contributed by atoms with Crippen LogP contribution in [-0.2, 0) is 63.5 Å². The van der Waals surface area contributed by atoms with Gasteiger partial charge in [0.2, 0.25) is 29.5 Å². The van der Waals surface area contributed by atoms with Gasteiger partial charge in [-0.3, -0.25) is 48.5 Å². The number of halogens is 10. The molecule has 0 bridgehead atoms. The van der Waals surface area contributed by atoms with Crippen molar-refractivity contribution in [2.45, 2.75) is 182 Å². The Kier molecular flexibility index (Phi) is 28.7. The van der Waals surface area contributed by atoms with Gasteiger partial charge < -0.3 is 43.2 Å². The van der Waals surface area contributed by atoms with Gasteiger partial charge in [0.15, 0.2) is 29.8 Å². The molecule has 2 saturated heterocycles. The van der Waals surface area contributed by atoms with Crippen LogP contribution in [0.15, 0.2) is 231 Å². The number of carbonyl (C=O) groups is 5. The lowest BCUT2D eigenvalue weighted by Gasteiger charge is -2.41. The van der Waals surface area contributed by atoms with Gasteiger partial charge >= 0.3 is 0 Å². The number of nitrogens with zero attached hydrogens (tertiary/aromatic N) is 14. The predicted molar refractivity (Wildman–Crippen MR) is 531 cm³/mol. The maximum atomic E-state index is 14.6. The Morgan fingerprint density at radius 3 is 1.00 bits per heavy atom. The molecule has 10 N–H and O–H groups in total. The smallest absolute Gasteiger partial charge is 0.270 e. The van der Waals surface area contributed by atoms with Crippen molar-refractivity contribution >= 4 is 70.7 Å². The molecular weight excluding hydrogens is 1850 g/mol. The number of methoxy groups -OCH3 is 1. The number of hydrogen-bond donors (Lipinski definition) is 5. The van der Waals surface area contributed by atoms with E-state index in [0.717, 1.165) is 113 Å². The van der Waals surface area contributed by atoms with Gasteiger partial charge in [0.25, 0.3) is 11.8 Å². The predicted octanol–water partition coefficient (Wildman–Crippen LogP) is 17.7. The second-order valence-corrected chi connectivity index (χ2v) is 39.7. The minimum Gasteiger partial charge on any atom is -0.497 e. The minimum atomic E-state index is -3.10. The number of aromatic nitrogens is 2. The molecule has 19 rings (SSSR count). The number of benzene rings is 9. The van der Waals surface area contributed by atoms with Crippen LogP contribution in [0.25, 0.3) is 5.69 Å². The highest BCUT2D eigenvalue weighted by atomic mass is 19.3. The fourth-order valence-electron chi connectivity index (χ4n) is 20.1. The summed E-state index contributed by atoms with van der Waals surface area (Å²) in [4.78, 5) is 98.9. The van der Waals surface area contributed by atoms with Crippen LogP contribution in [0.4, 0.5) is 55.3 Å². The van der Waals surface area contributed by atoms with E-state index in [0.29, 0.717) is 47.9 Å². The lowest BCUT2D eigenvalue weighted by Crippen LogP contribution is -2.53. The van der Waals surface area contributed by atoms with Crippen LogP contribution in [0.3, 0.4) is 0 Å². The zero-order chi connectivity index (χ0) is 104. The number of alkyl halides is 4. The third kappa shape index (κ3) is 20.9. The second-order valence-electron chi connectivity index (χ2n) is 39.7. The number of rotatable bonds is 17. The molecule has 4 fully saturated rings. The molecule has 0 unspecified atom stereocenters. The van der Waals surface area contributed by atoms with Crippen LogP contribution in [-0.4, -0.2) is 162 Å². The molecule has 0 radical (unpaired) electrons. The van der Waals surface area contributed by atoms with Crippen molar-refractivity contribution in [2.24, 2.45) is 65.5 Å². The highest BCUT2D eigenvalue weighted by Gasteiger charge is 2.54. The first-order valence-electron chi connectivity index (χ1n) is 47.4. The summed E-state index contributed by atoms with van der Waals surface area (Å²) in [5, 5.41) is 4.37. The Bertz CT molecular complexity index is 6290. The fraction of sp³-hybridized carbons (Fsp3) is 0.380. The number of hydrogen-bond acceptors (Lipinski definition) is 19. The molecule has 2 saturated carbocycles. The number of ether oxygens (including phenoxy) is 1. The molecule has 0 spiro atoms. The first-order valence-corrected chi connectivity index (χ1v) is 47.4. The highest BCUT2D eigenvalue weighted by Crippen LogP contribution is 2.53. The topological polar surface area (TPSA) is 327 Å². The van der Waals surface area contributed by atoms with Crippen molar-refractivity contribution in [3.8, 4) is 11.4 Å². The summed E-state index contributed by atoms with van der Waals surface area (Å²) < 4.78 is 146. The maximum absolute atomic E-state index is 14.6. The van der Waals surface area contributed by atoms with Crippen molar-refractivity contribution < 1.29 is 72.6 Å². The standard InChI is InChI=1S/2C26H32N4O.2C20H18F5N3O.C16H19N5O2/c2*1-17-13-14-30(16-17)22-6-4-5-21(15-22)26(2)23(24(31)29(3)25(27)28-26)20-11-9-19(10-12-20)18-7-8-18;2*1-19(16-13(22)8-12(21)9-14(16)23)15(17(29)28(3)18(26)27-19)10-4-6-11(7-5-10)20(2,24)25;1-16(8-14(22)20(2)15(17)19-16)11-9-18-21(10-11)12-4-6-13(23-3)7-5-12/h2*4-6,9-12,15,17-18,23H,7-8,13-14,16H2,1-3H3,(H2,27,28);2*4-9,15H,1-3H3,(H2,26,27);4-7,9-10H,8H2,1-3H3,(H2,17,19)/t17-,23+,26-;17-,23-,26-;15-,19+;15-,19-;16-/m11100/s1. The molecule has 1 aromatic heterocycles. The Morgan fingerprint density at radius 2 is 0.692 bits per heavy atom. The van der Waals surface area contributed by atoms with E-state index in [1.54, 1.807) is 39.1 Å². The van der Waals surface area contributed by atoms with Crippen molar-refractivity contribution in [3.05, 3.63) is 314 Å². The monoisotopic (exact) mass is 1970 g/mol. The largest absolute Gasteiger partial charge is 0.497 e. The fourth-order valence-corrected chi connectivity index (χ4v) is 20.1. The summed E-state index contributed by atoms with van der Waals surface area (Å²) in [6.07, 6.45) is 11.4. The molecule has 2 aliphatic carbocycles. The lowest BCUT2D eigenvalue weighted by molar-refractivity contribution is -0.131. The molecule has 35 heteroatoms. The van der Waals surface area contributed by atoms with Crippen molar-refractivity contribution in [2.75, 3.05) is 78.3 Å². The van der Waals surface area contributed by atoms with E-state index in [-0.39, 0.29) is 76.2 Å². The molecule has 25 nitrogen and oxygen atoms in total. The second kappa shape index (κ2) is 39.8. The normalized spacial score (nSPS) is 25.1. The molecular formula is C108H119F10N19O6. The van der Waals surface area contributed by atoms with Crippen LogP contribution in [0.1, 0.15) is 215 Å². The summed E-state index contributed by atoms with van der Waals surface area (Å²) in [7, 11) is 9.35. The van der Waals surface area contributed by atoms with Crippen LogP contribution in [0.2, 0.25) is 0 Å². The number of carbonyl (C=O) groups excluding carboxylic acids is 5. The van der Waals surface area contributed by atoms with Gasteiger partial charge in [0.1, 0.15) is 62.8 Å². The molecule has 11 atom stereocenters. The van der Waals surface area contributed by atoms with E-state index in [1.807, 2.05) is 37.4 Å². The van der Waals surface area contributed by atoms with Crippen LogP contribution in [0, 0.1) is 46.7 Å². The summed E-state index contributed by atoms with van der Waals surface area (Å²) in [6, 6.07) is 53.4. The van der Waals surface area contributed by atoms with E-state index in [2.05, 4.69) is 155 Å². The Labute approximate surface area is 824 Å². The summed E-state index contributed by atoms with van der Waals surface area (Å²) >= 11 is 0. The van der Waals surface area contributed by atoms with Gasteiger partial charge in [-0.2, -0.15) is 5.10 Å². The maximum Gasteiger partial charge on any atom is 0.270 e. The number of nitrogens with two attached hydrogens (primary N) is 5. The van der Waals surface area contributed by atoms with Crippen LogP contribution < -0.4 is 43.2 Å². The number of guanidine groups is 5. The molecule has 9 aliphatic rings. The molecule has 5 amide bonds. The van der Waals surface area contributed by atoms with E-state index in [9.17, 15) is 67.9 Å². The van der Waals surface area contributed by atoms with E-state index < -0.39 is 121 Å². The number of amides is 5. The molecule has 10 aromatic rings. The van der Waals surface area contributed by atoms with Crippen LogP contribution in [0.5, 0.6) is 5.75 Å². The van der Waals surface area contributed by atoms with E-state index in [1.165, 1.54) is 128 Å². The molecule has 8 heterocycles. The first kappa shape index (κ1) is 103. The van der Waals surface area contributed by atoms with Crippen molar-refractivity contribution in [1.82, 2.24) is 34.3 Å². The Balaban J connectivity index is 0.000000135. The number of anilines is 2. The SMILES string of the molecule is CN1C(=O)[C@@H](c2ccc(C(C)(F)F)cc2)[C@@](C)(c2c(F)cc(F)cc2F)N=C1N.CN1C(=O)[C@H](c2ccc(C(C)(F)F)cc2)[C@@](C)(c2c(F)cc(F)cc2F)N=C1N.COc1ccc(-n2cc([C@]3(C)CC(=O)N(C)C(N)=N3)cn2)cc1.C[C@@H]1CCN(c2cccc([C@@]3(C)N=C(N)N(C)C(=O)[C@@H]3c3ccc(C4CC4)cc3)c2)C1.C[C@@H]1CCN(c2cccc([C@@]3(C)N=C(N)N(C)C(=O)[C@H]3c3ccc(C4CC4)cc3)c2)C1. The van der Waals surface area contributed by atoms with Gasteiger partial charge in [0, 0.05) is 134 Å². The molecule has 752 valence electrons. The number of aliphatic imine (C=N–C) groups is 5. The number of likely N-dealkylation sites (N-methyl/N-ethyl adjacent to an activating group) is 4. The van der Waals surface area contributed by atoms with E-state index >= 15 is 0 Å². The quantitative estimate of drug-likeness (QED) is 0.0529. The average Bonchev–Trinajstić information content (AvgIpc) is 1.73. The Hall–Kier alpha value is -14.4. The summed E-state index contributed by atoms with van der Waals surface area (Å²) in [6.45, 7) is 18.9. The van der Waals surface area contributed by atoms with Gasteiger partial charge in [-0.15, -0.1) is 0 Å². The van der Waals surface area contributed by atoms with Crippen molar-refractivity contribution in [3.63, 3.8) is 0 Å². The van der Waals surface area contributed by atoms with E-state index in [4.69, 9.17) is 43.4 Å². The summed E-state index contributed by atoms with van der Waals surface area (Å²) in [5.41, 5.74) is 33.4. The summed E-state index contributed by atoms with van der Waals surface area (Å²) in [5.74, 6) is -14.4. The van der Waals surface area contributed by atoms with Crippen LogP contribution >= 0.6 is 0 Å². The third-order valence-electron chi connectivity index (χ3n) is 29.0. The van der Waals surface area contributed by atoms with Gasteiger partial charge in [-0.1, -0.05) is 135 Å². The third-order valence-corrected chi connectivity index (χ3v) is 29.0.